The van der Waals surface area contributed by atoms with Crippen LogP contribution in [0.25, 0.3) is 22.0 Å². The zero-order chi connectivity index (χ0) is 48.3. The Labute approximate surface area is 386 Å². The second-order valence-electron chi connectivity index (χ2n) is 19.2. The monoisotopic (exact) mass is 955 g/mol. The number of rotatable bonds is 9. The number of carbonyl (C=O) groups excluding carboxylic acids is 4. The molecule has 4 heterocycles. The molecule has 3 N–H and O–H groups in total. The predicted molar refractivity (Wildman–Crippen MR) is 238 cm³/mol. The maximum Gasteiger partial charge on any atom is 0.427 e. The number of alkyl carbamates (subject to hydrolysis) is 1. The molecular formula is C47H56F3N5O11S. The maximum absolute atomic E-state index is 15.0. The average Bonchev–Trinajstić information content (AvgIpc) is 4.15. The number of aromatic nitrogens is 1. The summed E-state index contributed by atoms with van der Waals surface area (Å²) in [5, 5.41) is 6.48. The molecule has 7 atom stereocenters. The summed E-state index contributed by atoms with van der Waals surface area (Å²) in [7, 11) is -2.58. The Kier molecular flexibility index (Phi) is 12.6. The molecule has 8 rings (SSSR count). The second kappa shape index (κ2) is 17.7. The first kappa shape index (κ1) is 47.7. The van der Waals surface area contributed by atoms with Crippen LogP contribution in [0.15, 0.2) is 54.6 Å². The number of fused-ring (bicyclic) bond motifs is 4. The van der Waals surface area contributed by atoms with Gasteiger partial charge in [0.1, 0.15) is 42.7 Å². The summed E-state index contributed by atoms with van der Waals surface area (Å²) in [5.74, 6) is -2.03. The standard InChI is InChI=1S/C47H56F3N5O11S/c1-26-9-7-8-10-30-24-46(30,42(58)54-67(60,61)45(5)15-16-45)53-39(56)35-23-32(25-55(35)41(57)38(27(2)19-26)52-43(59)66-44(3,4)47(48,49)50)65-40-33-13-12-31(62-6)20-29(33)21-34(51-40)28-11-14-36-37(22-28)64-18-17-63-36/h8,10-14,20-22,26-27,30,32,35,38H,7,9,15-19,23-25H2,1-6H3,(H,52,59)(H,53,56)(H,54,58)/b10-8-/t26-,27+,30+,32+,35-,38-,46+/m0/s1. The SMILES string of the molecule is COc1ccc2c(O[C@@H]3C[C@H]4C(=O)N[C@]5(C(=O)NS(=O)(=O)C6(C)CC6)C[C@H]5/C=C\CC[C@H](C)C[C@@H](C)[C@H](NC(=O)OC(C)(C)C(F)(F)F)C(=O)N4C3)nc(-c3ccc4c(c3)OCCO4)cc2c1. The van der Waals surface area contributed by atoms with Gasteiger partial charge in [0.15, 0.2) is 11.5 Å². The molecule has 0 unspecified atom stereocenters. The van der Waals surface area contributed by atoms with Crippen molar-refractivity contribution in [3.8, 4) is 34.4 Å². The Hall–Kier alpha value is -5.79. The lowest BCUT2D eigenvalue weighted by atomic mass is 9.88. The summed E-state index contributed by atoms with van der Waals surface area (Å²) in [5.41, 5.74) is -3.44. The summed E-state index contributed by atoms with van der Waals surface area (Å²) in [6.45, 7) is 7.05. The highest BCUT2D eigenvalue weighted by atomic mass is 32.2. The Morgan fingerprint density at radius 3 is 2.43 bits per heavy atom. The highest BCUT2D eigenvalue weighted by Crippen LogP contribution is 2.48. The number of hydrogen-bond acceptors (Lipinski definition) is 12. The van der Waals surface area contributed by atoms with Crippen molar-refractivity contribution in [3.63, 3.8) is 0 Å². The van der Waals surface area contributed by atoms with Crippen LogP contribution in [0.2, 0.25) is 0 Å². The van der Waals surface area contributed by atoms with Gasteiger partial charge in [-0.15, -0.1) is 0 Å². The van der Waals surface area contributed by atoms with Crippen molar-refractivity contribution in [2.24, 2.45) is 17.8 Å². The molecule has 4 amide bonds. The summed E-state index contributed by atoms with van der Waals surface area (Å²) in [6, 6.07) is 9.66. The van der Waals surface area contributed by atoms with E-state index in [1.807, 2.05) is 25.1 Å². The highest BCUT2D eigenvalue weighted by Gasteiger charge is 2.63. The van der Waals surface area contributed by atoms with Crippen LogP contribution in [-0.2, 0) is 29.1 Å². The fourth-order valence-electron chi connectivity index (χ4n) is 8.97. The summed E-state index contributed by atoms with van der Waals surface area (Å²) in [4.78, 5) is 63.4. The highest BCUT2D eigenvalue weighted by molar-refractivity contribution is 7.91. The van der Waals surface area contributed by atoms with Crippen molar-refractivity contribution in [3.05, 3.63) is 54.6 Å². The van der Waals surface area contributed by atoms with E-state index in [1.165, 1.54) is 18.9 Å². The van der Waals surface area contributed by atoms with Crippen LogP contribution in [0.3, 0.4) is 0 Å². The quantitative estimate of drug-likeness (QED) is 0.201. The van der Waals surface area contributed by atoms with E-state index in [0.29, 0.717) is 98.4 Å². The smallest absolute Gasteiger partial charge is 0.427 e. The van der Waals surface area contributed by atoms with Crippen molar-refractivity contribution in [1.82, 2.24) is 25.2 Å². The van der Waals surface area contributed by atoms with Gasteiger partial charge in [0.05, 0.1) is 24.1 Å². The molecule has 0 radical (unpaired) electrons. The van der Waals surface area contributed by atoms with Crippen molar-refractivity contribution in [2.75, 3.05) is 26.9 Å². The van der Waals surface area contributed by atoms with Crippen molar-refractivity contribution in [2.45, 2.75) is 120 Å². The first-order valence-electron chi connectivity index (χ1n) is 22.5. The number of pyridine rings is 1. The van der Waals surface area contributed by atoms with Gasteiger partial charge in [-0.2, -0.15) is 13.2 Å². The number of ether oxygens (including phenoxy) is 5. The fraction of sp³-hybridized carbons (Fsp3) is 0.553. The van der Waals surface area contributed by atoms with E-state index < -0.39 is 85.9 Å². The summed E-state index contributed by atoms with van der Waals surface area (Å²) < 4.78 is 98.0. The Balaban J connectivity index is 1.16. The van der Waals surface area contributed by atoms with Crippen LogP contribution >= 0.6 is 0 Å². The number of amides is 4. The van der Waals surface area contributed by atoms with Crippen LogP contribution in [-0.4, -0.2) is 109 Å². The summed E-state index contributed by atoms with van der Waals surface area (Å²) in [6.07, 6.45) is -1.62. The van der Waals surface area contributed by atoms with Gasteiger partial charge in [-0.25, -0.2) is 18.2 Å². The van der Waals surface area contributed by atoms with E-state index in [2.05, 4.69) is 15.4 Å². The van der Waals surface area contributed by atoms with Crippen molar-refractivity contribution in [1.29, 1.82) is 0 Å². The van der Waals surface area contributed by atoms with Gasteiger partial charge < -0.3 is 39.2 Å². The van der Waals surface area contributed by atoms with E-state index in [9.17, 15) is 36.0 Å². The molecule has 20 heteroatoms. The average molecular weight is 956 g/mol. The normalized spacial score (nSPS) is 27.8. The molecule has 3 fully saturated rings. The zero-order valence-electron chi connectivity index (χ0n) is 38.2. The van der Waals surface area contributed by atoms with E-state index in [-0.39, 0.29) is 31.2 Å². The van der Waals surface area contributed by atoms with Crippen LogP contribution < -0.4 is 34.3 Å². The van der Waals surface area contributed by atoms with Crippen LogP contribution in [0.4, 0.5) is 18.0 Å². The number of halogens is 3. The van der Waals surface area contributed by atoms with Crippen LogP contribution in [0.1, 0.15) is 79.6 Å². The van der Waals surface area contributed by atoms with Gasteiger partial charge in [-0.3, -0.25) is 19.1 Å². The van der Waals surface area contributed by atoms with E-state index >= 15 is 4.79 Å². The van der Waals surface area contributed by atoms with Crippen LogP contribution in [0, 0.1) is 17.8 Å². The zero-order valence-corrected chi connectivity index (χ0v) is 39.0. The molecule has 2 aromatic carbocycles. The number of carbonyl (C=O) groups is 4. The molecule has 3 aromatic rings. The molecule has 0 bridgehead atoms. The molecule has 1 aromatic heterocycles. The molecule has 5 aliphatic rings. The number of methoxy groups -OCH3 is 1. The van der Waals surface area contributed by atoms with E-state index in [1.54, 1.807) is 43.3 Å². The number of nitrogens with zero attached hydrogens (tertiary/aromatic N) is 2. The third kappa shape index (κ3) is 9.68. The lowest BCUT2D eigenvalue weighted by Gasteiger charge is -2.34. The van der Waals surface area contributed by atoms with Gasteiger partial charge in [0.25, 0.3) is 5.91 Å². The predicted octanol–water partition coefficient (Wildman–Crippen LogP) is 6.35. The number of nitrogens with one attached hydrogen (secondary N) is 3. The maximum atomic E-state index is 15.0. The molecule has 1 saturated heterocycles. The molecule has 3 aliphatic heterocycles. The number of hydrogen-bond donors (Lipinski definition) is 3. The minimum atomic E-state index is -4.94. The third-order valence-corrected chi connectivity index (χ3v) is 15.8. The largest absolute Gasteiger partial charge is 0.497 e. The Morgan fingerprint density at radius 2 is 1.73 bits per heavy atom. The van der Waals surface area contributed by atoms with Gasteiger partial charge >= 0.3 is 12.3 Å². The number of alkyl halides is 3. The van der Waals surface area contributed by atoms with Gasteiger partial charge in [0.2, 0.25) is 33.3 Å². The molecule has 362 valence electrons. The molecule has 67 heavy (non-hydrogen) atoms. The first-order valence-corrected chi connectivity index (χ1v) is 24.0. The van der Waals surface area contributed by atoms with Crippen LogP contribution in [0.5, 0.6) is 23.1 Å². The molecular weight excluding hydrogens is 900 g/mol. The Bertz CT molecular complexity index is 2600. The number of benzene rings is 2. The lowest BCUT2D eigenvalue weighted by molar-refractivity contribution is -0.244. The first-order chi connectivity index (χ1) is 31.5. The van der Waals surface area contributed by atoms with Gasteiger partial charge in [-0.05, 0) is 119 Å². The topological polar surface area (TPSA) is 201 Å². The van der Waals surface area contributed by atoms with E-state index in [0.717, 1.165) is 0 Å². The Morgan fingerprint density at radius 1 is 1.00 bits per heavy atom. The molecule has 16 nitrogen and oxygen atoms in total. The lowest BCUT2D eigenvalue weighted by Crippen LogP contribution is -2.59. The number of allylic oxidation sites excluding steroid dienone is 1. The molecule has 2 aliphatic carbocycles. The number of sulfonamides is 1. The van der Waals surface area contributed by atoms with Gasteiger partial charge in [-0.1, -0.05) is 26.0 Å². The second-order valence-corrected chi connectivity index (χ2v) is 21.4. The van der Waals surface area contributed by atoms with E-state index in [4.69, 9.17) is 28.7 Å². The minimum absolute atomic E-state index is 0.0640. The third-order valence-electron chi connectivity index (χ3n) is 13.7. The van der Waals surface area contributed by atoms with Gasteiger partial charge in [0, 0.05) is 23.3 Å². The molecule has 2 saturated carbocycles. The van der Waals surface area contributed by atoms with Crippen molar-refractivity contribution < 1.29 is 64.5 Å². The minimum Gasteiger partial charge on any atom is -0.497 e. The fourth-order valence-corrected chi connectivity index (χ4v) is 10.3. The molecule has 0 spiro atoms. The van der Waals surface area contributed by atoms with Crippen molar-refractivity contribution >= 4 is 44.6 Å². The summed E-state index contributed by atoms with van der Waals surface area (Å²) >= 11 is 0.